The van der Waals surface area contributed by atoms with E-state index in [1.165, 1.54) is 10.8 Å². The highest BCUT2D eigenvalue weighted by atomic mass is 79.9. The molecule has 8 nitrogen and oxygen atoms in total. The van der Waals surface area contributed by atoms with E-state index in [4.69, 9.17) is 4.74 Å². The lowest BCUT2D eigenvalue weighted by molar-refractivity contribution is -0.389. The first-order chi connectivity index (χ1) is 9.11. The number of hydrogen-bond acceptors (Lipinski definition) is 6. The number of carbonyl (C=O) groups is 1. The van der Waals surface area contributed by atoms with Gasteiger partial charge in [0.05, 0.1) is 12.0 Å². The number of aliphatic hydroxyl groups is 1. The standard InChI is InChI=1S/C11H16BrN3O5/c1-11(2,3)9(17)20-6-7(16)4-14-5-8(15(18)19)13-10(14)12/h5,7,16H,4,6H2,1-3H3/t7-/m0/s1. The van der Waals surface area contributed by atoms with Crippen molar-refractivity contribution in [1.82, 2.24) is 9.55 Å². The highest BCUT2D eigenvalue weighted by molar-refractivity contribution is 9.10. The molecule has 0 unspecified atom stereocenters. The van der Waals surface area contributed by atoms with Crippen molar-refractivity contribution in [1.29, 1.82) is 0 Å². The second kappa shape index (κ2) is 6.31. The molecule has 1 atom stereocenters. The number of ether oxygens (including phenoxy) is 1. The van der Waals surface area contributed by atoms with E-state index >= 15 is 0 Å². The molecule has 1 aromatic rings. The van der Waals surface area contributed by atoms with Gasteiger partial charge in [-0.2, -0.15) is 0 Å². The second-order valence-corrected chi connectivity index (χ2v) is 5.99. The van der Waals surface area contributed by atoms with Crippen LogP contribution in [0.15, 0.2) is 10.9 Å². The van der Waals surface area contributed by atoms with Crippen LogP contribution in [0, 0.1) is 15.5 Å². The highest BCUT2D eigenvalue weighted by Gasteiger charge is 2.24. The minimum Gasteiger partial charge on any atom is -0.462 e. The molecule has 112 valence electrons. The molecule has 1 heterocycles. The fourth-order valence-corrected chi connectivity index (χ4v) is 1.69. The van der Waals surface area contributed by atoms with Crippen molar-refractivity contribution >= 4 is 27.7 Å². The maximum atomic E-state index is 11.5. The number of carbonyl (C=O) groups excluding carboxylic acids is 1. The summed E-state index contributed by atoms with van der Waals surface area (Å²) in [4.78, 5) is 25.1. The van der Waals surface area contributed by atoms with E-state index in [2.05, 4.69) is 20.9 Å². The third kappa shape index (κ3) is 4.57. The van der Waals surface area contributed by atoms with Gasteiger partial charge in [-0.3, -0.25) is 9.36 Å². The van der Waals surface area contributed by atoms with Gasteiger partial charge in [0.1, 0.15) is 18.9 Å². The Kier molecular flexibility index (Phi) is 5.23. The molecule has 0 spiro atoms. The van der Waals surface area contributed by atoms with E-state index in [1.807, 2.05) is 0 Å². The number of imidazole rings is 1. The van der Waals surface area contributed by atoms with Gasteiger partial charge < -0.3 is 20.0 Å². The van der Waals surface area contributed by atoms with Crippen molar-refractivity contribution in [2.45, 2.75) is 33.4 Å². The molecule has 0 aromatic carbocycles. The number of esters is 1. The Morgan fingerprint density at radius 2 is 2.25 bits per heavy atom. The first-order valence-electron chi connectivity index (χ1n) is 5.83. The summed E-state index contributed by atoms with van der Waals surface area (Å²) in [5.41, 5.74) is -0.645. The number of halogens is 1. The Balaban J connectivity index is 2.57. The van der Waals surface area contributed by atoms with E-state index in [0.29, 0.717) is 0 Å². The van der Waals surface area contributed by atoms with Gasteiger partial charge in [0, 0.05) is 15.9 Å². The van der Waals surface area contributed by atoms with Gasteiger partial charge in [0.2, 0.25) is 0 Å². The molecular weight excluding hydrogens is 334 g/mol. The fourth-order valence-electron chi connectivity index (χ4n) is 1.26. The molecule has 0 aliphatic carbocycles. The zero-order chi connectivity index (χ0) is 15.5. The van der Waals surface area contributed by atoms with E-state index < -0.39 is 22.4 Å². The molecule has 0 amide bonds. The Morgan fingerprint density at radius 1 is 1.65 bits per heavy atom. The summed E-state index contributed by atoms with van der Waals surface area (Å²) in [6.07, 6.45) is 0.213. The molecular formula is C11H16BrN3O5. The molecule has 1 N–H and O–H groups in total. The lowest BCUT2D eigenvalue weighted by Crippen LogP contribution is -2.29. The van der Waals surface area contributed by atoms with Crippen molar-refractivity contribution in [3.63, 3.8) is 0 Å². The smallest absolute Gasteiger partial charge is 0.382 e. The summed E-state index contributed by atoms with van der Waals surface area (Å²) in [5, 5.41) is 20.3. The summed E-state index contributed by atoms with van der Waals surface area (Å²) >= 11 is 3.05. The van der Waals surface area contributed by atoms with Crippen LogP contribution in [-0.4, -0.2) is 38.3 Å². The summed E-state index contributed by atoms with van der Waals surface area (Å²) in [7, 11) is 0. The van der Waals surface area contributed by atoms with Crippen LogP contribution in [0.1, 0.15) is 20.8 Å². The predicted molar refractivity (Wildman–Crippen MR) is 73.0 cm³/mol. The Hall–Kier alpha value is -1.48. The SMILES string of the molecule is CC(C)(C)C(=O)OC[C@@H](O)Cn1cc([N+](=O)[O-])nc1Br. The van der Waals surface area contributed by atoms with Crippen LogP contribution in [0.25, 0.3) is 0 Å². The molecule has 0 aliphatic heterocycles. The minimum absolute atomic E-state index is 0.0266. The van der Waals surface area contributed by atoms with Crippen molar-refractivity contribution in [3.8, 4) is 0 Å². The molecule has 0 bridgehead atoms. The van der Waals surface area contributed by atoms with Crippen LogP contribution in [0.5, 0.6) is 0 Å². The topological polar surface area (TPSA) is 107 Å². The third-order valence-corrected chi connectivity index (χ3v) is 2.96. The maximum Gasteiger partial charge on any atom is 0.382 e. The van der Waals surface area contributed by atoms with Gasteiger partial charge in [-0.25, -0.2) is 0 Å². The number of nitrogens with zero attached hydrogens (tertiary/aromatic N) is 3. The maximum absolute atomic E-state index is 11.5. The second-order valence-electron chi connectivity index (χ2n) is 5.28. The lowest BCUT2D eigenvalue weighted by Gasteiger charge is -2.18. The number of aromatic nitrogens is 2. The van der Waals surface area contributed by atoms with Gasteiger partial charge in [-0.1, -0.05) is 0 Å². The Morgan fingerprint density at radius 3 is 2.70 bits per heavy atom. The average Bonchev–Trinajstić information content (AvgIpc) is 2.67. The summed E-state index contributed by atoms with van der Waals surface area (Å²) in [6, 6.07) is 0. The zero-order valence-corrected chi connectivity index (χ0v) is 13.0. The Labute approximate surface area is 124 Å². The van der Waals surface area contributed by atoms with Crippen LogP contribution in [0.3, 0.4) is 0 Å². The molecule has 0 aliphatic rings. The summed E-state index contributed by atoms with van der Waals surface area (Å²) < 4.78 is 6.56. The van der Waals surface area contributed by atoms with Crippen LogP contribution >= 0.6 is 15.9 Å². The molecule has 9 heteroatoms. The van der Waals surface area contributed by atoms with Crippen LogP contribution in [0.4, 0.5) is 5.82 Å². The quantitative estimate of drug-likeness (QED) is 0.490. The van der Waals surface area contributed by atoms with E-state index in [9.17, 15) is 20.0 Å². The number of nitro groups is 1. The fraction of sp³-hybridized carbons (Fsp3) is 0.636. The molecule has 0 saturated carbocycles. The molecule has 20 heavy (non-hydrogen) atoms. The van der Waals surface area contributed by atoms with E-state index in [-0.39, 0.29) is 23.7 Å². The highest BCUT2D eigenvalue weighted by Crippen LogP contribution is 2.18. The van der Waals surface area contributed by atoms with Crippen LogP contribution < -0.4 is 0 Å². The molecule has 0 radical (unpaired) electrons. The minimum atomic E-state index is -0.980. The monoisotopic (exact) mass is 349 g/mol. The molecule has 1 rings (SSSR count). The first-order valence-corrected chi connectivity index (χ1v) is 6.63. The van der Waals surface area contributed by atoms with Crippen LogP contribution in [0.2, 0.25) is 0 Å². The number of aliphatic hydroxyl groups excluding tert-OH is 1. The van der Waals surface area contributed by atoms with Crippen molar-refractivity contribution in [2.75, 3.05) is 6.61 Å². The van der Waals surface area contributed by atoms with Gasteiger partial charge in [-0.05, 0) is 30.7 Å². The third-order valence-electron chi connectivity index (χ3n) is 2.33. The van der Waals surface area contributed by atoms with E-state index in [0.717, 1.165) is 0 Å². The average molecular weight is 350 g/mol. The Bertz CT molecular complexity index is 509. The normalized spacial score (nSPS) is 13.1. The molecule has 1 aromatic heterocycles. The van der Waals surface area contributed by atoms with Gasteiger partial charge in [0.15, 0.2) is 0 Å². The number of rotatable bonds is 5. The van der Waals surface area contributed by atoms with Crippen molar-refractivity contribution in [2.24, 2.45) is 5.41 Å². The molecule has 0 saturated heterocycles. The predicted octanol–water partition coefficient (Wildman–Crippen LogP) is 1.50. The zero-order valence-electron chi connectivity index (χ0n) is 11.4. The van der Waals surface area contributed by atoms with Crippen molar-refractivity contribution < 1.29 is 19.6 Å². The largest absolute Gasteiger partial charge is 0.462 e. The lowest BCUT2D eigenvalue weighted by atomic mass is 9.97. The summed E-state index contributed by atoms with van der Waals surface area (Å²) in [5.74, 6) is -0.747. The van der Waals surface area contributed by atoms with Crippen LogP contribution in [-0.2, 0) is 16.1 Å². The van der Waals surface area contributed by atoms with Gasteiger partial charge in [0.25, 0.3) is 4.73 Å². The van der Waals surface area contributed by atoms with Crippen molar-refractivity contribution in [3.05, 3.63) is 21.0 Å². The summed E-state index contributed by atoms with van der Waals surface area (Å²) in [6.45, 7) is 4.96. The molecule has 0 fully saturated rings. The van der Waals surface area contributed by atoms with E-state index in [1.54, 1.807) is 20.8 Å². The number of hydrogen-bond donors (Lipinski definition) is 1. The first kappa shape index (κ1) is 16.6. The van der Waals surface area contributed by atoms with Gasteiger partial charge >= 0.3 is 11.8 Å². The van der Waals surface area contributed by atoms with Gasteiger partial charge in [-0.15, -0.1) is 0 Å².